The van der Waals surface area contributed by atoms with Crippen LogP contribution < -0.4 is 4.74 Å². The highest BCUT2D eigenvalue weighted by Gasteiger charge is 2.05. The average molecular weight is 281 g/mol. The lowest BCUT2D eigenvalue weighted by atomic mass is 10.1. The number of halogens is 2. The first-order valence-corrected chi connectivity index (χ1v) is 6.46. The highest BCUT2D eigenvalue weighted by atomic mass is 35.5. The maximum atomic E-state index is 6.11. The lowest BCUT2D eigenvalue weighted by Gasteiger charge is -2.10. The Kier molecular flexibility index (Phi) is 4.15. The minimum absolute atomic E-state index is 0.419. The molecule has 1 nitrogen and oxygen atoms in total. The van der Waals surface area contributed by atoms with Gasteiger partial charge >= 0.3 is 0 Å². The number of hydrogen-bond acceptors (Lipinski definition) is 1. The van der Waals surface area contributed by atoms with Crippen molar-refractivity contribution in [2.75, 3.05) is 0 Å². The van der Waals surface area contributed by atoms with Crippen LogP contribution in [0, 0.1) is 13.8 Å². The third-order valence-corrected chi connectivity index (χ3v) is 3.48. The maximum Gasteiger partial charge on any atom is 0.120 e. The first-order chi connectivity index (χ1) is 8.56. The van der Waals surface area contributed by atoms with Gasteiger partial charge in [0.15, 0.2) is 0 Å². The first kappa shape index (κ1) is 13.3. The van der Waals surface area contributed by atoms with Crippen molar-refractivity contribution in [1.82, 2.24) is 0 Å². The van der Waals surface area contributed by atoms with Gasteiger partial charge in [0.05, 0.1) is 10.0 Å². The van der Waals surface area contributed by atoms with Crippen molar-refractivity contribution in [1.29, 1.82) is 0 Å². The molecule has 0 radical (unpaired) electrons. The largest absolute Gasteiger partial charge is 0.489 e. The topological polar surface area (TPSA) is 9.23 Å². The predicted molar refractivity (Wildman–Crippen MR) is 76.7 cm³/mol. The van der Waals surface area contributed by atoms with E-state index >= 15 is 0 Å². The Morgan fingerprint density at radius 1 is 1.00 bits per heavy atom. The molecular formula is C15H14Cl2O. The van der Waals surface area contributed by atoms with Gasteiger partial charge in [-0.1, -0.05) is 41.4 Å². The van der Waals surface area contributed by atoms with Crippen LogP contribution >= 0.6 is 23.2 Å². The number of ether oxygens (including phenoxy) is 1. The van der Waals surface area contributed by atoms with Gasteiger partial charge in [-0.2, -0.15) is 0 Å². The fourth-order valence-electron chi connectivity index (χ4n) is 1.84. The van der Waals surface area contributed by atoms with Crippen molar-refractivity contribution < 1.29 is 4.74 Å². The monoisotopic (exact) mass is 280 g/mol. The average Bonchev–Trinajstić information content (AvgIpc) is 2.30. The van der Waals surface area contributed by atoms with Gasteiger partial charge < -0.3 is 4.74 Å². The van der Waals surface area contributed by atoms with Crippen LogP contribution in [0.4, 0.5) is 0 Å². The van der Waals surface area contributed by atoms with E-state index in [1.54, 1.807) is 6.07 Å². The lowest BCUT2D eigenvalue weighted by Crippen LogP contribution is -1.97. The zero-order valence-electron chi connectivity index (χ0n) is 10.3. The van der Waals surface area contributed by atoms with E-state index < -0.39 is 0 Å². The van der Waals surface area contributed by atoms with Crippen molar-refractivity contribution in [3.8, 4) is 5.75 Å². The van der Waals surface area contributed by atoms with E-state index in [-0.39, 0.29) is 0 Å². The molecule has 0 saturated heterocycles. The second-order valence-electron chi connectivity index (χ2n) is 4.33. The molecule has 0 amide bonds. The van der Waals surface area contributed by atoms with Crippen LogP contribution in [-0.4, -0.2) is 0 Å². The molecule has 0 bridgehead atoms. The SMILES string of the molecule is Cc1cc(C)cc(OCc2cccc(Cl)c2Cl)c1. The zero-order chi connectivity index (χ0) is 13.1. The van der Waals surface area contributed by atoms with E-state index in [1.165, 1.54) is 11.1 Å². The van der Waals surface area contributed by atoms with Gasteiger partial charge in [0.2, 0.25) is 0 Å². The van der Waals surface area contributed by atoms with Crippen LogP contribution in [0.2, 0.25) is 10.0 Å². The molecule has 0 heterocycles. The zero-order valence-corrected chi connectivity index (χ0v) is 11.8. The first-order valence-electron chi connectivity index (χ1n) is 5.70. The molecule has 3 heteroatoms. The summed E-state index contributed by atoms with van der Waals surface area (Å²) >= 11 is 12.1. The lowest BCUT2D eigenvalue weighted by molar-refractivity contribution is 0.306. The predicted octanol–water partition coefficient (Wildman–Crippen LogP) is 5.19. The summed E-state index contributed by atoms with van der Waals surface area (Å²) in [6.07, 6.45) is 0. The van der Waals surface area contributed by atoms with Gasteiger partial charge in [-0.15, -0.1) is 0 Å². The summed E-state index contributed by atoms with van der Waals surface area (Å²) in [4.78, 5) is 0. The van der Waals surface area contributed by atoms with Crippen LogP contribution in [-0.2, 0) is 6.61 Å². The third-order valence-electron chi connectivity index (χ3n) is 2.62. The highest BCUT2D eigenvalue weighted by Crippen LogP contribution is 2.27. The molecule has 0 fully saturated rings. The third kappa shape index (κ3) is 3.18. The Morgan fingerprint density at radius 2 is 1.67 bits per heavy atom. The highest BCUT2D eigenvalue weighted by molar-refractivity contribution is 6.42. The number of hydrogen-bond donors (Lipinski definition) is 0. The Morgan fingerprint density at radius 3 is 2.33 bits per heavy atom. The van der Waals surface area contributed by atoms with Crippen molar-refractivity contribution >= 4 is 23.2 Å². The smallest absolute Gasteiger partial charge is 0.120 e. The molecule has 0 unspecified atom stereocenters. The summed E-state index contributed by atoms with van der Waals surface area (Å²) in [5.74, 6) is 0.851. The molecule has 2 aromatic rings. The summed E-state index contributed by atoms with van der Waals surface area (Å²) in [6.45, 7) is 4.51. The molecule has 0 N–H and O–H groups in total. The van der Waals surface area contributed by atoms with Gasteiger partial charge in [-0.3, -0.25) is 0 Å². The standard InChI is InChI=1S/C15H14Cl2O/c1-10-6-11(2)8-13(7-10)18-9-12-4-3-5-14(16)15(12)17/h3-8H,9H2,1-2H3. The van der Waals surface area contributed by atoms with Crippen LogP contribution in [0.1, 0.15) is 16.7 Å². The minimum Gasteiger partial charge on any atom is -0.489 e. The normalized spacial score (nSPS) is 10.4. The summed E-state index contributed by atoms with van der Waals surface area (Å²) in [6, 6.07) is 11.7. The van der Waals surface area contributed by atoms with Crippen LogP contribution in [0.3, 0.4) is 0 Å². The molecule has 2 rings (SSSR count). The van der Waals surface area contributed by atoms with Gasteiger partial charge in [-0.05, 0) is 43.2 Å². The van der Waals surface area contributed by atoms with E-state index in [0.29, 0.717) is 16.7 Å². The quantitative estimate of drug-likeness (QED) is 0.752. The van der Waals surface area contributed by atoms with Gasteiger partial charge in [0, 0.05) is 5.56 Å². The fourth-order valence-corrected chi connectivity index (χ4v) is 2.21. The maximum absolute atomic E-state index is 6.11. The van der Waals surface area contributed by atoms with E-state index in [1.807, 2.05) is 38.1 Å². The Balaban J connectivity index is 2.14. The summed E-state index contributed by atoms with van der Waals surface area (Å²) in [5.41, 5.74) is 3.26. The summed E-state index contributed by atoms with van der Waals surface area (Å²) in [7, 11) is 0. The molecule has 0 aliphatic carbocycles. The molecule has 0 aromatic heterocycles. The van der Waals surface area contributed by atoms with Crippen LogP contribution in [0.5, 0.6) is 5.75 Å². The van der Waals surface area contributed by atoms with Gasteiger partial charge in [-0.25, -0.2) is 0 Å². The Labute approximate surface area is 117 Å². The number of rotatable bonds is 3. The van der Waals surface area contributed by atoms with E-state index in [4.69, 9.17) is 27.9 Å². The van der Waals surface area contributed by atoms with Crippen molar-refractivity contribution in [2.24, 2.45) is 0 Å². The van der Waals surface area contributed by atoms with Gasteiger partial charge in [0.25, 0.3) is 0 Å². The summed E-state index contributed by atoms with van der Waals surface area (Å²) < 4.78 is 5.75. The van der Waals surface area contributed by atoms with Gasteiger partial charge in [0.1, 0.15) is 12.4 Å². The molecule has 2 aromatic carbocycles. The Bertz CT molecular complexity index is 544. The van der Waals surface area contributed by atoms with Crippen molar-refractivity contribution in [3.05, 3.63) is 63.1 Å². The van der Waals surface area contributed by atoms with E-state index in [9.17, 15) is 0 Å². The number of benzene rings is 2. The van der Waals surface area contributed by atoms with Crippen molar-refractivity contribution in [3.63, 3.8) is 0 Å². The minimum atomic E-state index is 0.419. The molecule has 0 spiro atoms. The van der Waals surface area contributed by atoms with E-state index in [0.717, 1.165) is 11.3 Å². The molecular weight excluding hydrogens is 267 g/mol. The number of aryl methyl sites for hydroxylation is 2. The molecule has 94 valence electrons. The van der Waals surface area contributed by atoms with E-state index in [2.05, 4.69) is 6.07 Å². The van der Waals surface area contributed by atoms with Crippen molar-refractivity contribution in [2.45, 2.75) is 20.5 Å². The van der Waals surface area contributed by atoms with Crippen LogP contribution in [0.25, 0.3) is 0 Å². The molecule has 0 atom stereocenters. The molecule has 0 aliphatic rings. The molecule has 18 heavy (non-hydrogen) atoms. The van der Waals surface area contributed by atoms with Crippen LogP contribution in [0.15, 0.2) is 36.4 Å². The fraction of sp³-hybridized carbons (Fsp3) is 0.200. The molecule has 0 aliphatic heterocycles. The Hall–Kier alpha value is -1.18. The second-order valence-corrected chi connectivity index (χ2v) is 5.11. The molecule has 0 saturated carbocycles. The second kappa shape index (κ2) is 5.64. The summed E-state index contributed by atoms with van der Waals surface area (Å²) in [5, 5.41) is 1.11.